The van der Waals surface area contributed by atoms with Crippen LogP contribution in [-0.2, 0) is 16.1 Å². The minimum atomic E-state index is -0.861. The molecule has 0 bridgehead atoms. The molecule has 2 aromatic heterocycles. The first-order chi connectivity index (χ1) is 13.9. The van der Waals surface area contributed by atoms with E-state index in [9.17, 15) is 19.2 Å². The van der Waals surface area contributed by atoms with Gasteiger partial charge in [-0.25, -0.2) is 14.2 Å². The highest BCUT2D eigenvalue weighted by Crippen LogP contribution is 2.38. The number of benzene rings is 1. The first-order valence-corrected chi connectivity index (χ1v) is 8.96. The first kappa shape index (κ1) is 20.3. The summed E-state index contributed by atoms with van der Waals surface area (Å²) in [7, 11) is 0. The van der Waals surface area contributed by atoms with Gasteiger partial charge < -0.3 is 14.0 Å². The molecule has 148 valence electrons. The van der Waals surface area contributed by atoms with Crippen LogP contribution >= 0.6 is 11.6 Å². The number of fused-ring (bicyclic) bond motifs is 1. The smallest absolute Gasteiger partial charge is 0.360 e. The number of ether oxygens (including phenoxy) is 2. The van der Waals surface area contributed by atoms with Gasteiger partial charge in [0.15, 0.2) is 17.1 Å². The van der Waals surface area contributed by atoms with Crippen molar-refractivity contribution in [1.82, 2.24) is 9.55 Å². The summed E-state index contributed by atoms with van der Waals surface area (Å²) < 4.78 is 25.8. The van der Waals surface area contributed by atoms with Gasteiger partial charge in [0.05, 0.1) is 29.1 Å². The van der Waals surface area contributed by atoms with Gasteiger partial charge in [-0.15, -0.1) is 0 Å². The molecule has 9 heteroatoms. The average Bonchev–Trinajstić information content (AvgIpc) is 3.00. The molecule has 0 radical (unpaired) electrons. The van der Waals surface area contributed by atoms with Gasteiger partial charge in [0.25, 0.3) is 0 Å². The molecule has 0 fully saturated rings. The number of pyridine rings is 1. The van der Waals surface area contributed by atoms with Gasteiger partial charge in [0.1, 0.15) is 11.9 Å². The third-order valence-electron chi connectivity index (χ3n) is 4.04. The fraction of sp³-hybridized carbons (Fsp3) is 0.200. The number of nitriles is 1. The minimum absolute atomic E-state index is 0.0461. The summed E-state index contributed by atoms with van der Waals surface area (Å²) in [6, 6.07) is 8.06. The fourth-order valence-electron chi connectivity index (χ4n) is 2.92. The molecular formula is C20H15ClFN3O4. The Kier molecular flexibility index (Phi) is 5.80. The van der Waals surface area contributed by atoms with E-state index in [1.807, 2.05) is 6.07 Å². The number of aromatic nitrogens is 2. The molecule has 0 unspecified atom stereocenters. The Morgan fingerprint density at radius 1 is 1.34 bits per heavy atom. The van der Waals surface area contributed by atoms with Gasteiger partial charge in [0, 0.05) is 18.7 Å². The van der Waals surface area contributed by atoms with Gasteiger partial charge in [-0.3, -0.25) is 4.79 Å². The molecule has 0 saturated heterocycles. The maximum absolute atomic E-state index is 14.1. The highest BCUT2D eigenvalue weighted by Gasteiger charge is 2.27. The van der Waals surface area contributed by atoms with Crippen LogP contribution in [0.2, 0.25) is 5.02 Å². The second-order valence-corrected chi connectivity index (χ2v) is 6.39. The van der Waals surface area contributed by atoms with Crippen molar-refractivity contribution < 1.29 is 23.5 Å². The van der Waals surface area contributed by atoms with Crippen molar-refractivity contribution >= 4 is 34.4 Å². The summed E-state index contributed by atoms with van der Waals surface area (Å²) in [6.45, 7) is 2.86. The maximum Gasteiger partial charge on any atom is 0.360 e. The Morgan fingerprint density at radius 3 is 2.69 bits per heavy atom. The zero-order valence-corrected chi connectivity index (χ0v) is 16.3. The zero-order chi connectivity index (χ0) is 21.1. The number of halogens is 2. The topological polar surface area (TPSA) is 94.2 Å². The molecule has 0 atom stereocenters. The lowest BCUT2D eigenvalue weighted by atomic mass is 10.1. The zero-order valence-electron chi connectivity index (χ0n) is 15.5. The first-order valence-electron chi connectivity index (χ1n) is 8.58. The normalized spacial score (nSPS) is 10.6. The lowest BCUT2D eigenvalue weighted by Gasteiger charge is -2.12. The maximum atomic E-state index is 14.1. The molecule has 0 aliphatic rings. The largest absolute Gasteiger partial charge is 0.461 e. The quantitative estimate of drug-likeness (QED) is 0.587. The van der Waals surface area contributed by atoms with Gasteiger partial charge in [-0.2, -0.15) is 5.26 Å². The van der Waals surface area contributed by atoms with E-state index in [1.54, 1.807) is 25.1 Å². The summed E-state index contributed by atoms with van der Waals surface area (Å²) in [5.74, 6) is -2.20. The fourth-order valence-corrected chi connectivity index (χ4v) is 3.21. The summed E-state index contributed by atoms with van der Waals surface area (Å²) in [5, 5.41) is 9.85. The molecule has 3 aromatic rings. The Hall–Kier alpha value is -3.44. The summed E-state index contributed by atoms with van der Waals surface area (Å²) >= 11 is 6.36. The Balaban J connectivity index is 2.30. The third kappa shape index (κ3) is 3.91. The Morgan fingerprint density at radius 2 is 2.07 bits per heavy atom. The van der Waals surface area contributed by atoms with Crippen molar-refractivity contribution in [2.24, 2.45) is 0 Å². The lowest BCUT2D eigenvalue weighted by Crippen LogP contribution is -2.14. The standard InChI is InChI=1S/C20H15ClFN3O4/c1-3-28-20(27)17-19(29-11(2)26)16-13(21)10-25(18(16)15(8-23)24-17)9-12-6-4-5-7-14(12)22/h4-7,10H,3,9H2,1-2H3. The van der Waals surface area contributed by atoms with Crippen molar-refractivity contribution in [3.63, 3.8) is 0 Å². The molecule has 0 amide bonds. The number of esters is 2. The van der Waals surface area contributed by atoms with Crippen molar-refractivity contribution in [2.75, 3.05) is 6.61 Å². The number of hydrogen-bond acceptors (Lipinski definition) is 6. The highest BCUT2D eigenvalue weighted by molar-refractivity contribution is 6.36. The van der Waals surface area contributed by atoms with Crippen LogP contribution in [0.25, 0.3) is 10.9 Å². The van der Waals surface area contributed by atoms with E-state index in [1.165, 1.54) is 16.8 Å². The summed E-state index contributed by atoms with van der Waals surface area (Å²) in [4.78, 5) is 28.0. The van der Waals surface area contributed by atoms with Crippen molar-refractivity contribution in [3.05, 3.63) is 58.3 Å². The van der Waals surface area contributed by atoms with Crippen LogP contribution in [-0.4, -0.2) is 28.1 Å². The Bertz CT molecular complexity index is 1170. The van der Waals surface area contributed by atoms with Crippen LogP contribution in [0.15, 0.2) is 30.5 Å². The van der Waals surface area contributed by atoms with Crippen molar-refractivity contribution in [3.8, 4) is 11.8 Å². The van der Waals surface area contributed by atoms with Crippen LogP contribution < -0.4 is 4.74 Å². The van der Waals surface area contributed by atoms with Gasteiger partial charge in [-0.05, 0) is 13.0 Å². The van der Waals surface area contributed by atoms with E-state index < -0.39 is 17.8 Å². The number of hydrogen-bond donors (Lipinski definition) is 0. The minimum Gasteiger partial charge on any atom is -0.461 e. The predicted octanol–water partition coefficient (Wildman–Crippen LogP) is 3.85. The van der Waals surface area contributed by atoms with Gasteiger partial charge >= 0.3 is 11.9 Å². The molecule has 0 spiro atoms. The summed E-state index contributed by atoms with van der Waals surface area (Å²) in [6.07, 6.45) is 1.46. The van der Waals surface area contributed by atoms with Crippen LogP contribution in [0, 0.1) is 17.1 Å². The predicted molar refractivity (Wildman–Crippen MR) is 102 cm³/mol. The Labute approximate surface area is 170 Å². The van der Waals surface area contributed by atoms with Crippen LogP contribution in [0.3, 0.4) is 0 Å². The molecule has 29 heavy (non-hydrogen) atoms. The molecule has 1 aromatic carbocycles. The molecule has 2 heterocycles. The van der Waals surface area contributed by atoms with Crippen LogP contribution in [0.4, 0.5) is 4.39 Å². The van der Waals surface area contributed by atoms with Crippen LogP contribution in [0.1, 0.15) is 35.6 Å². The van der Waals surface area contributed by atoms with E-state index in [-0.39, 0.29) is 46.2 Å². The van der Waals surface area contributed by atoms with Crippen molar-refractivity contribution in [1.29, 1.82) is 5.26 Å². The monoisotopic (exact) mass is 415 g/mol. The molecule has 0 saturated carbocycles. The third-order valence-corrected chi connectivity index (χ3v) is 4.33. The number of rotatable bonds is 5. The highest BCUT2D eigenvalue weighted by atomic mass is 35.5. The molecule has 3 rings (SSSR count). The number of carbonyl (C=O) groups is 2. The molecule has 0 aliphatic carbocycles. The van der Waals surface area contributed by atoms with Crippen molar-refractivity contribution in [2.45, 2.75) is 20.4 Å². The molecule has 0 N–H and O–H groups in total. The average molecular weight is 416 g/mol. The van der Waals surface area contributed by atoms with E-state index in [0.29, 0.717) is 5.56 Å². The molecule has 0 aliphatic heterocycles. The molecule has 7 nitrogen and oxygen atoms in total. The SMILES string of the molecule is CCOC(=O)c1nc(C#N)c2c(c(Cl)cn2Cc2ccccc2F)c1OC(C)=O. The summed E-state index contributed by atoms with van der Waals surface area (Å²) in [5.41, 5.74) is 0.0948. The van der Waals surface area contributed by atoms with E-state index >= 15 is 0 Å². The van der Waals surface area contributed by atoms with E-state index in [4.69, 9.17) is 21.1 Å². The van der Waals surface area contributed by atoms with E-state index in [2.05, 4.69) is 4.98 Å². The van der Waals surface area contributed by atoms with Gasteiger partial charge in [-0.1, -0.05) is 29.8 Å². The lowest BCUT2D eigenvalue weighted by molar-refractivity contribution is -0.131. The van der Waals surface area contributed by atoms with E-state index in [0.717, 1.165) is 6.92 Å². The van der Waals surface area contributed by atoms with Gasteiger partial charge in [0.2, 0.25) is 0 Å². The second-order valence-electron chi connectivity index (χ2n) is 5.98. The molecular weight excluding hydrogens is 401 g/mol. The number of carbonyl (C=O) groups excluding carboxylic acids is 2. The number of nitrogens with zero attached hydrogens (tertiary/aromatic N) is 3. The van der Waals surface area contributed by atoms with Crippen LogP contribution in [0.5, 0.6) is 5.75 Å². The second kappa shape index (κ2) is 8.29.